The van der Waals surface area contributed by atoms with E-state index in [1.807, 2.05) is 73.7 Å². The second-order valence-electron chi connectivity index (χ2n) is 6.28. The summed E-state index contributed by atoms with van der Waals surface area (Å²) in [7, 11) is 0. The maximum Gasteiger partial charge on any atom is 0.277 e. The van der Waals surface area contributed by atoms with Crippen LogP contribution in [0.2, 0.25) is 0 Å². The van der Waals surface area contributed by atoms with Crippen molar-refractivity contribution in [3.63, 3.8) is 0 Å². The Bertz CT molecular complexity index is 1020. The molecule has 0 saturated carbocycles. The van der Waals surface area contributed by atoms with Gasteiger partial charge in [0.05, 0.1) is 5.69 Å². The van der Waals surface area contributed by atoms with E-state index in [0.29, 0.717) is 17.7 Å². The SMILES string of the molecule is Cc1ccc(-c2nnc(SCc3ccc(OCc4ccccn4)cc3)o2)cc1. The van der Waals surface area contributed by atoms with Crippen molar-refractivity contribution in [1.82, 2.24) is 15.2 Å². The number of benzene rings is 2. The van der Waals surface area contributed by atoms with Crippen LogP contribution in [0.1, 0.15) is 16.8 Å². The third kappa shape index (κ3) is 4.78. The van der Waals surface area contributed by atoms with Gasteiger partial charge in [0.15, 0.2) is 0 Å². The van der Waals surface area contributed by atoms with E-state index in [1.54, 1.807) is 6.20 Å². The number of pyridine rings is 1. The van der Waals surface area contributed by atoms with Crippen molar-refractivity contribution in [2.24, 2.45) is 0 Å². The summed E-state index contributed by atoms with van der Waals surface area (Å²) in [5, 5.41) is 8.82. The van der Waals surface area contributed by atoms with Crippen molar-refractivity contribution in [3.8, 4) is 17.2 Å². The van der Waals surface area contributed by atoms with Gasteiger partial charge in [0.2, 0.25) is 5.89 Å². The lowest BCUT2D eigenvalue weighted by atomic mass is 10.1. The molecule has 0 fully saturated rings. The molecule has 4 rings (SSSR count). The maximum absolute atomic E-state index is 5.76. The topological polar surface area (TPSA) is 61.0 Å². The van der Waals surface area contributed by atoms with Crippen LogP contribution in [0.3, 0.4) is 0 Å². The minimum absolute atomic E-state index is 0.457. The van der Waals surface area contributed by atoms with E-state index in [4.69, 9.17) is 9.15 Å². The Kier molecular flexibility index (Phi) is 5.68. The summed E-state index contributed by atoms with van der Waals surface area (Å²) in [4.78, 5) is 4.25. The Balaban J connectivity index is 1.31. The first-order chi connectivity index (χ1) is 13.8. The number of hydrogen-bond donors (Lipinski definition) is 0. The van der Waals surface area contributed by atoms with Gasteiger partial charge in [-0.1, -0.05) is 47.7 Å². The second kappa shape index (κ2) is 8.71. The number of nitrogens with zero attached hydrogens (tertiary/aromatic N) is 3. The third-order valence-electron chi connectivity index (χ3n) is 4.10. The minimum Gasteiger partial charge on any atom is -0.487 e. The zero-order valence-electron chi connectivity index (χ0n) is 15.4. The van der Waals surface area contributed by atoms with E-state index in [0.717, 1.165) is 28.3 Å². The summed E-state index contributed by atoms with van der Waals surface area (Å²) in [5.74, 6) is 2.11. The first-order valence-electron chi connectivity index (χ1n) is 8.91. The Hall–Kier alpha value is -3.12. The molecule has 4 aromatic rings. The van der Waals surface area contributed by atoms with Crippen LogP contribution in [-0.2, 0) is 12.4 Å². The molecular weight excluding hydrogens is 370 g/mol. The molecule has 0 radical (unpaired) electrons. The van der Waals surface area contributed by atoms with Gasteiger partial charge in [-0.2, -0.15) is 0 Å². The average molecular weight is 389 g/mol. The molecule has 0 N–H and O–H groups in total. The smallest absolute Gasteiger partial charge is 0.277 e. The van der Waals surface area contributed by atoms with E-state index in [-0.39, 0.29) is 0 Å². The van der Waals surface area contributed by atoms with Gasteiger partial charge in [0, 0.05) is 17.5 Å². The molecule has 0 aliphatic carbocycles. The molecular formula is C22H19N3O2S. The van der Waals surface area contributed by atoms with Crippen LogP contribution in [0.25, 0.3) is 11.5 Å². The zero-order valence-corrected chi connectivity index (χ0v) is 16.2. The molecule has 0 aliphatic rings. The molecule has 0 bridgehead atoms. The number of ether oxygens (including phenoxy) is 1. The standard InChI is InChI=1S/C22H19N3O2S/c1-16-5-9-18(10-6-16)21-24-25-22(27-21)28-15-17-7-11-20(12-8-17)26-14-19-4-2-3-13-23-19/h2-13H,14-15H2,1H3. The lowest BCUT2D eigenvalue weighted by Gasteiger charge is -2.06. The molecule has 140 valence electrons. The van der Waals surface area contributed by atoms with Gasteiger partial charge in [0.1, 0.15) is 12.4 Å². The lowest BCUT2D eigenvalue weighted by Crippen LogP contribution is -1.97. The van der Waals surface area contributed by atoms with Crippen LogP contribution in [0.4, 0.5) is 0 Å². The van der Waals surface area contributed by atoms with Gasteiger partial charge in [-0.15, -0.1) is 10.2 Å². The van der Waals surface area contributed by atoms with Crippen LogP contribution in [-0.4, -0.2) is 15.2 Å². The van der Waals surface area contributed by atoms with Gasteiger partial charge in [0.25, 0.3) is 5.22 Å². The minimum atomic E-state index is 0.457. The summed E-state index contributed by atoms with van der Waals surface area (Å²) in [6.07, 6.45) is 1.76. The monoisotopic (exact) mass is 389 g/mol. The van der Waals surface area contributed by atoms with E-state index in [1.165, 1.54) is 17.3 Å². The highest BCUT2D eigenvalue weighted by atomic mass is 32.2. The molecule has 28 heavy (non-hydrogen) atoms. The maximum atomic E-state index is 5.76. The Morgan fingerprint density at radius 2 is 1.75 bits per heavy atom. The fraction of sp³-hybridized carbons (Fsp3) is 0.136. The van der Waals surface area contributed by atoms with Crippen molar-refractivity contribution < 1.29 is 9.15 Å². The molecule has 6 heteroatoms. The van der Waals surface area contributed by atoms with Crippen LogP contribution in [0.15, 0.2) is 82.6 Å². The zero-order chi connectivity index (χ0) is 19.2. The van der Waals surface area contributed by atoms with Gasteiger partial charge in [-0.25, -0.2) is 0 Å². The molecule has 0 atom stereocenters. The summed E-state index contributed by atoms with van der Waals surface area (Å²) in [5.41, 5.74) is 4.19. The van der Waals surface area contributed by atoms with Crippen molar-refractivity contribution >= 4 is 11.8 Å². The van der Waals surface area contributed by atoms with Crippen molar-refractivity contribution in [3.05, 3.63) is 89.7 Å². The highest BCUT2D eigenvalue weighted by Crippen LogP contribution is 2.26. The molecule has 0 amide bonds. The fourth-order valence-corrected chi connectivity index (χ4v) is 3.27. The van der Waals surface area contributed by atoms with Gasteiger partial charge >= 0.3 is 0 Å². The van der Waals surface area contributed by atoms with Crippen LogP contribution in [0, 0.1) is 6.92 Å². The highest BCUT2D eigenvalue weighted by Gasteiger charge is 2.09. The summed E-state index contributed by atoms with van der Waals surface area (Å²) < 4.78 is 11.5. The average Bonchev–Trinajstić information content (AvgIpc) is 3.22. The molecule has 0 unspecified atom stereocenters. The van der Waals surface area contributed by atoms with Crippen LogP contribution >= 0.6 is 11.8 Å². The number of aromatic nitrogens is 3. The summed E-state index contributed by atoms with van der Waals surface area (Å²) in [6, 6.07) is 21.8. The van der Waals surface area contributed by atoms with Crippen molar-refractivity contribution in [2.75, 3.05) is 0 Å². The Morgan fingerprint density at radius 1 is 0.929 bits per heavy atom. The van der Waals surface area contributed by atoms with E-state index >= 15 is 0 Å². The van der Waals surface area contributed by atoms with Crippen molar-refractivity contribution in [1.29, 1.82) is 0 Å². The fourth-order valence-electron chi connectivity index (χ4n) is 2.55. The van der Waals surface area contributed by atoms with E-state index in [9.17, 15) is 0 Å². The molecule has 0 aliphatic heterocycles. The first-order valence-corrected chi connectivity index (χ1v) is 9.90. The molecule has 2 aromatic heterocycles. The number of rotatable bonds is 7. The number of aryl methyl sites for hydroxylation is 1. The first kappa shape index (κ1) is 18.3. The predicted molar refractivity (Wildman–Crippen MR) is 109 cm³/mol. The van der Waals surface area contributed by atoms with Gasteiger partial charge < -0.3 is 9.15 Å². The molecule has 5 nitrogen and oxygen atoms in total. The van der Waals surface area contributed by atoms with E-state index in [2.05, 4.69) is 15.2 Å². The van der Waals surface area contributed by atoms with Crippen molar-refractivity contribution in [2.45, 2.75) is 24.5 Å². The Labute approximate surface area is 167 Å². The van der Waals surface area contributed by atoms with Gasteiger partial charge in [-0.3, -0.25) is 4.98 Å². The van der Waals surface area contributed by atoms with E-state index < -0.39 is 0 Å². The summed E-state index contributed by atoms with van der Waals surface area (Å²) in [6.45, 7) is 2.51. The highest BCUT2D eigenvalue weighted by molar-refractivity contribution is 7.98. The Morgan fingerprint density at radius 3 is 2.50 bits per heavy atom. The molecule has 2 aromatic carbocycles. The normalized spacial score (nSPS) is 10.8. The number of thioether (sulfide) groups is 1. The molecule has 0 spiro atoms. The van der Waals surface area contributed by atoms with Crippen LogP contribution in [0.5, 0.6) is 5.75 Å². The van der Waals surface area contributed by atoms with Gasteiger partial charge in [-0.05, 0) is 48.9 Å². The third-order valence-corrected chi connectivity index (χ3v) is 4.99. The second-order valence-corrected chi connectivity index (χ2v) is 7.21. The predicted octanol–water partition coefficient (Wildman–Crippen LogP) is 5.31. The quantitative estimate of drug-likeness (QED) is 0.399. The largest absolute Gasteiger partial charge is 0.487 e. The van der Waals surface area contributed by atoms with Crippen LogP contribution < -0.4 is 4.74 Å². The lowest BCUT2D eigenvalue weighted by molar-refractivity contribution is 0.301. The molecule has 2 heterocycles. The summed E-state index contributed by atoms with van der Waals surface area (Å²) >= 11 is 1.52. The molecule has 0 saturated heterocycles. The number of hydrogen-bond acceptors (Lipinski definition) is 6.